The van der Waals surface area contributed by atoms with Gasteiger partial charge in [0, 0.05) is 14.6 Å². The second-order valence-corrected chi connectivity index (χ2v) is 6.00. The molecule has 2 aromatic carbocycles. The summed E-state index contributed by atoms with van der Waals surface area (Å²) in [5, 5.41) is 2.76. The fourth-order valence-corrected chi connectivity index (χ4v) is 2.36. The van der Waals surface area contributed by atoms with Crippen molar-refractivity contribution in [1.29, 1.82) is 0 Å². The molecule has 2 rings (SSSR count). The highest BCUT2D eigenvalue weighted by molar-refractivity contribution is 9.10. The third kappa shape index (κ3) is 3.37. The topological polar surface area (TPSA) is 29.1 Å². The van der Waals surface area contributed by atoms with E-state index in [1.54, 1.807) is 12.1 Å². The lowest BCUT2D eigenvalue weighted by Gasteiger charge is -2.08. The number of rotatable bonds is 2. The summed E-state index contributed by atoms with van der Waals surface area (Å²) >= 11 is 12.0. The second-order valence-electron chi connectivity index (χ2n) is 3.83. The van der Waals surface area contributed by atoms with Crippen molar-refractivity contribution in [1.82, 2.24) is 0 Å². The highest BCUT2D eigenvalue weighted by Gasteiger charge is 2.18. The van der Waals surface area contributed by atoms with Gasteiger partial charge in [0.2, 0.25) is 0 Å². The molecular formula is C13H6Br2ClF2NO. The minimum absolute atomic E-state index is 0.218. The first-order chi connectivity index (χ1) is 9.38. The predicted molar refractivity (Wildman–Crippen MR) is 81.2 cm³/mol. The van der Waals surface area contributed by atoms with Gasteiger partial charge in [0.05, 0.1) is 5.02 Å². The lowest BCUT2D eigenvalue weighted by atomic mass is 10.2. The summed E-state index contributed by atoms with van der Waals surface area (Å²) in [7, 11) is 0. The summed E-state index contributed by atoms with van der Waals surface area (Å²) in [6.45, 7) is 0. The van der Waals surface area contributed by atoms with Crippen molar-refractivity contribution < 1.29 is 13.6 Å². The number of amides is 1. The number of anilines is 1. The van der Waals surface area contributed by atoms with Crippen LogP contribution >= 0.6 is 43.5 Å². The highest BCUT2D eigenvalue weighted by atomic mass is 79.9. The summed E-state index contributed by atoms with van der Waals surface area (Å²) in [4.78, 5) is 11.9. The Balaban J connectivity index is 2.31. The van der Waals surface area contributed by atoms with Crippen LogP contribution in [-0.2, 0) is 0 Å². The zero-order chi connectivity index (χ0) is 14.9. The van der Waals surface area contributed by atoms with Crippen molar-refractivity contribution in [3.63, 3.8) is 0 Å². The molecule has 104 valence electrons. The molecule has 0 atom stereocenters. The largest absolute Gasteiger partial charge is 0.322 e. The van der Waals surface area contributed by atoms with Gasteiger partial charge in [-0.15, -0.1) is 0 Å². The maximum atomic E-state index is 13.6. The number of halogens is 5. The van der Waals surface area contributed by atoms with E-state index in [1.807, 2.05) is 0 Å². The number of nitrogens with one attached hydrogen (secondary N) is 1. The molecule has 0 aliphatic heterocycles. The number of hydrogen-bond acceptors (Lipinski definition) is 1. The van der Waals surface area contributed by atoms with Crippen LogP contribution < -0.4 is 5.32 Å². The Labute approximate surface area is 135 Å². The van der Waals surface area contributed by atoms with E-state index < -0.39 is 23.1 Å². The average molecular weight is 425 g/mol. The first kappa shape index (κ1) is 15.4. The number of carbonyl (C=O) groups excluding carboxylic acids is 1. The molecule has 0 saturated carbocycles. The van der Waals surface area contributed by atoms with Crippen molar-refractivity contribution in [3.8, 4) is 0 Å². The van der Waals surface area contributed by atoms with Crippen LogP contribution in [0.3, 0.4) is 0 Å². The molecular weight excluding hydrogens is 419 g/mol. The quantitative estimate of drug-likeness (QED) is 0.686. The zero-order valence-electron chi connectivity index (χ0n) is 9.68. The number of benzene rings is 2. The van der Waals surface area contributed by atoms with E-state index in [9.17, 15) is 13.6 Å². The smallest absolute Gasteiger partial charge is 0.261 e. The molecule has 20 heavy (non-hydrogen) atoms. The van der Waals surface area contributed by atoms with Crippen LogP contribution in [-0.4, -0.2) is 5.91 Å². The van der Waals surface area contributed by atoms with Crippen molar-refractivity contribution in [2.45, 2.75) is 0 Å². The summed E-state index contributed by atoms with van der Waals surface area (Å²) < 4.78 is 28.2. The molecule has 0 unspecified atom stereocenters. The Morgan fingerprint density at radius 2 is 1.70 bits per heavy atom. The molecule has 0 spiro atoms. The van der Waals surface area contributed by atoms with Gasteiger partial charge < -0.3 is 5.32 Å². The lowest BCUT2D eigenvalue weighted by Crippen LogP contribution is -2.16. The van der Waals surface area contributed by atoms with E-state index in [-0.39, 0.29) is 4.47 Å². The van der Waals surface area contributed by atoms with E-state index in [2.05, 4.69) is 37.2 Å². The Morgan fingerprint density at radius 1 is 1.10 bits per heavy atom. The van der Waals surface area contributed by atoms with Gasteiger partial charge in [-0.05, 0) is 46.3 Å². The molecule has 0 saturated heterocycles. The number of carbonyl (C=O) groups is 1. The number of hydrogen-bond donors (Lipinski definition) is 1. The van der Waals surface area contributed by atoms with Gasteiger partial charge in [0.1, 0.15) is 17.2 Å². The molecule has 0 radical (unpaired) electrons. The molecule has 1 amide bonds. The molecule has 0 bridgehead atoms. The molecule has 7 heteroatoms. The Kier molecular flexibility index (Phi) is 4.78. The van der Waals surface area contributed by atoms with Crippen molar-refractivity contribution in [3.05, 3.63) is 61.5 Å². The third-order valence-corrected chi connectivity index (χ3v) is 4.10. The van der Waals surface area contributed by atoms with E-state index in [0.29, 0.717) is 15.2 Å². The van der Waals surface area contributed by atoms with Gasteiger partial charge in [-0.1, -0.05) is 27.5 Å². The van der Waals surface area contributed by atoms with Crippen LogP contribution in [0, 0.1) is 11.6 Å². The van der Waals surface area contributed by atoms with Crippen molar-refractivity contribution in [2.75, 3.05) is 5.32 Å². The van der Waals surface area contributed by atoms with Gasteiger partial charge >= 0.3 is 0 Å². The predicted octanol–water partition coefficient (Wildman–Crippen LogP) is 5.40. The summed E-state index contributed by atoms with van der Waals surface area (Å²) in [6.07, 6.45) is 0. The lowest BCUT2D eigenvalue weighted by molar-refractivity contribution is 0.101. The minimum Gasteiger partial charge on any atom is -0.322 e. The molecule has 2 aromatic rings. The van der Waals surface area contributed by atoms with Crippen LogP contribution in [0.1, 0.15) is 10.4 Å². The fraction of sp³-hybridized carbons (Fsp3) is 0. The van der Waals surface area contributed by atoms with E-state index in [0.717, 1.165) is 12.1 Å². The van der Waals surface area contributed by atoms with E-state index in [1.165, 1.54) is 6.07 Å². The molecule has 0 aliphatic rings. The van der Waals surface area contributed by atoms with E-state index >= 15 is 0 Å². The molecule has 0 heterocycles. The molecule has 2 nitrogen and oxygen atoms in total. The molecule has 0 aliphatic carbocycles. The van der Waals surface area contributed by atoms with E-state index in [4.69, 9.17) is 11.6 Å². The maximum Gasteiger partial charge on any atom is 0.261 e. The fourth-order valence-electron chi connectivity index (χ4n) is 1.53. The van der Waals surface area contributed by atoms with Crippen molar-refractivity contribution in [2.24, 2.45) is 0 Å². The van der Waals surface area contributed by atoms with Crippen LogP contribution in [0.4, 0.5) is 14.5 Å². The van der Waals surface area contributed by atoms with Gasteiger partial charge in [0.15, 0.2) is 0 Å². The SMILES string of the molecule is O=C(Nc1ccc(Br)c(Cl)c1)c1c(F)cc(Br)cc1F. The first-order valence-corrected chi connectivity index (χ1v) is 7.26. The molecule has 0 aromatic heterocycles. The summed E-state index contributed by atoms with van der Waals surface area (Å²) in [5.74, 6) is -2.78. The third-order valence-electron chi connectivity index (χ3n) is 2.41. The Morgan fingerprint density at radius 3 is 2.25 bits per heavy atom. The van der Waals surface area contributed by atoms with Crippen LogP contribution in [0.15, 0.2) is 39.3 Å². The maximum absolute atomic E-state index is 13.6. The minimum atomic E-state index is -0.947. The van der Waals surface area contributed by atoms with Gasteiger partial charge in [-0.3, -0.25) is 4.79 Å². The van der Waals surface area contributed by atoms with Gasteiger partial charge in [-0.25, -0.2) is 8.78 Å². The van der Waals surface area contributed by atoms with Crippen LogP contribution in [0.25, 0.3) is 0 Å². The van der Waals surface area contributed by atoms with Gasteiger partial charge in [-0.2, -0.15) is 0 Å². The van der Waals surface area contributed by atoms with Crippen molar-refractivity contribution >= 4 is 55.1 Å². The average Bonchev–Trinajstić information content (AvgIpc) is 2.32. The molecule has 1 N–H and O–H groups in total. The standard InChI is InChI=1S/C13H6Br2ClF2NO/c14-6-3-10(17)12(11(18)4-6)13(20)19-7-1-2-8(15)9(16)5-7/h1-5H,(H,19,20). The van der Waals surface area contributed by atoms with Gasteiger partial charge in [0.25, 0.3) is 5.91 Å². The van der Waals surface area contributed by atoms with Crippen LogP contribution in [0.5, 0.6) is 0 Å². The Hall–Kier alpha value is -0.980. The first-order valence-electron chi connectivity index (χ1n) is 5.29. The normalized spacial score (nSPS) is 10.4. The summed E-state index contributed by atoms with van der Waals surface area (Å²) in [5.41, 5.74) is -0.308. The van der Waals surface area contributed by atoms with Crippen LogP contribution in [0.2, 0.25) is 5.02 Å². The zero-order valence-corrected chi connectivity index (χ0v) is 13.6. The Bertz CT molecular complexity index is 671. The molecule has 0 fully saturated rings. The summed E-state index contributed by atoms with van der Waals surface area (Å²) in [6, 6.07) is 6.69. The monoisotopic (exact) mass is 423 g/mol. The highest BCUT2D eigenvalue weighted by Crippen LogP contribution is 2.26. The second kappa shape index (κ2) is 6.20.